The first-order valence-electron chi connectivity index (χ1n) is 5.23. The zero-order valence-corrected chi connectivity index (χ0v) is 11.0. The van der Waals surface area contributed by atoms with Gasteiger partial charge in [0.2, 0.25) is 0 Å². The zero-order valence-electron chi connectivity index (χ0n) is 10.0. The fourth-order valence-corrected chi connectivity index (χ4v) is 4.03. The van der Waals surface area contributed by atoms with Crippen LogP contribution in [0.25, 0.3) is 0 Å². The van der Waals surface area contributed by atoms with Crippen LogP contribution in [0.5, 0.6) is 0 Å². The summed E-state index contributed by atoms with van der Waals surface area (Å²) in [6.07, 6.45) is -4.15. The van der Waals surface area contributed by atoms with Crippen LogP contribution in [0.3, 0.4) is 0 Å². The molecule has 0 amide bonds. The minimum atomic E-state index is -4.15. The van der Waals surface area contributed by atoms with E-state index >= 15 is 0 Å². The maximum Gasteiger partial charge on any atom is 0.391 e. The van der Waals surface area contributed by atoms with E-state index in [2.05, 4.69) is 0 Å². The predicted octanol–water partition coefficient (Wildman–Crippen LogP) is 3.94. The lowest BCUT2D eigenvalue weighted by atomic mass is 10.2. The number of benzene rings is 1. The highest BCUT2D eigenvalue weighted by Gasteiger charge is 2.57. The summed E-state index contributed by atoms with van der Waals surface area (Å²) in [5.74, 6) is 0. The van der Waals surface area contributed by atoms with Gasteiger partial charge in [0, 0.05) is 0 Å². The average molecular weight is 246 g/mol. The molecule has 1 rings (SSSR count). The Morgan fingerprint density at radius 1 is 0.938 bits per heavy atom. The zero-order chi connectivity index (χ0) is 12.6. The number of alkyl halides is 3. The van der Waals surface area contributed by atoms with Crippen molar-refractivity contribution in [2.24, 2.45) is 0 Å². The molecular formula is C12H17F3Si. The van der Waals surface area contributed by atoms with Crippen molar-refractivity contribution in [2.45, 2.75) is 38.2 Å². The molecule has 0 fully saturated rings. The van der Waals surface area contributed by atoms with Gasteiger partial charge in [0.05, 0.1) is 13.1 Å². The Hall–Kier alpha value is -0.773. The van der Waals surface area contributed by atoms with E-state index < -0.39 is 19.3 Å². The lowest BCUT2D eigenvalue weighted by Crippen LogP contribution is -2.56. The van der Waals surface area contributed by atoms with Gasteiger partial charge in [0.15, 0.2) is 0 Å². The van der Waals surface area contributed by atoms with Gasteiger partial charge in [-0.2, -0.15) is 13.2 Å². The van der Waals surface area contributed by atoms with Crippen LogP contribution >= 0.6 is 0 Å². The third-order valence-electron chi connectivity index (χ3n) is 3.77. The minimum Gasteiger partial charge on any atom is -0.171 e. The van der Waals surface area contributed by atoms with Gasteiger partial charge in [0.25, 0.3) is 0 Å². The second-order valence-corrected chi connectivity index (χ2v) is 10.2. The smallest absolute Gasteiger partial charge is 0.171 e. The van der Waals surface area contributed by atoms with E-state index in [-0.39, 0.29) is 0 Å². The van der Waals surface area contributed by atoms with Crippen LogP contribution in [0, 0.1) is 0 Å². The molecule has 0 aliphatic heterocycles. The van der Waals surface area contributed by atoms with Crippen molar-refractivity contribution in [1.29, 1.82) is 0 Å². The Morgan fingerprint density at radius 3 is 1.75 bits per heavy atom. The first-order valence-corrected chi connectivity index (χ1v) is 8.23. The minimum absolute atomic E-state index is 0.845. The molecule has 0 spiro atoms. The van der Waals surface area contributed by atoms with E-state index in [0.717, 1.165) is 5.19 Å². The number of halogens is 3. The normalized spacial score (nSPS) is 13.9. The SMILES string of the molecule is CC(C)(C(F)(F)F)[Si](C)(C)c1ccccc1. The van der Waals surface area contributed by atoms with Gasteiger partial charge >= 0.3 is 6.18 Å². The van der Waals surface area contributed by atoms with Gasteiger partial charge in [-0.3, -0.25) is 0 Å². The Labute approximate surface area is 95.5 Å². The molecule has 0 heterocycles. The second-order valence-electron chi connectivity index (χ2n) is 5.11. The summed E-state index contributed by atoms with van der Waals surface area (Å²) in [6.45, 7) is 6.17. The molecule has 0 saturated heterocycles. The Morgan fingerprint density at radius 2 is 1.38 bits per heavy atom. The van der Waals surface area contributed by atoms with Crippen LogP contribution in [0.15, 0.2) is 30.3 Å². The highest BCUT2D eigenvalue weighted by atomic mass is 28.3. The lowest BCUT2D eigenvalue weighted by molar-refractivity contribution is -0.159. The molecule has 0 aliphatic rings. The van der Waals surface area contributed by atoms with Gasteiger partial charge in [-0.1, -0.05) is 62.5 Å². The first-order chi connectivity index (χ1) is 7.11. The largest absolute Gasteiger partial charge is 0.391 e. The molecule has 1 aromatic carbocycles. The number of hydrogen-bond acceptors (Lipinski definition) is 0. The van der Waals surface area contributed by atoms with E-state index in [1.807, 2.05) is 6.07 Å². The third kappa shape index (κ3) is 2.03. The standard InChI is InChI=1S/C12H17F3Si/c1-11(2,12(13,14)15)16(3,4)10-8-6-5-7-9-10/h5-9H,1-4H3. The first kappa shape index (κ1) is 13.3. The van der Waals surface area contributed by atoms with Crippen molar-refractivity contribution in [3.63, 3.8) is 0 Å². The highest BCUT2D eigenvalue weighted by molar-refractivity contribution is 6.92. The van der Waals surface area contributed by atoms with Crippen molar-refractivity contribution in [3.05, 3.63) is 30.3 Å². The quantitative estimate of drug-likeness (QED) is 0.693. The summed E-state index contributed by atoms with van der Waals surface area (Å²) >= 11 is 0. The third-order valence-corrected chi connectivity index (χ3v) is 8.95. The summed E-state index contributed by atoms with van der Waals surface area (Å²) in [5, 5.41) is -0.779. The average Bonchev–Trinajstić information content (AvgIpc) is 2.17. The molecule has 0 aromatic heterocycles. The highest BCUT2D eigenvalue weighted by Crippen LogP contribution is 2.50. The molecule has 0 radical (unpaired) electrons. The maximum absolute atomic E-state index is 13.0. The van der Waals surface area contributed by atoms with Crippen molar-refractivity contribution >= 4 is 13.3 Å². The van der Waals surface area contributed by atoms with Crippen LogP contribution in [0.2, 0.25) is 18.1 Å². The van der Waals surface area contributed by atoms with Crippen LogP contribution in [0.4, 0.5) is 13.2 Å². The van der Waals surface area contributed by atoms with Crippen molar-refractivity contribution in [1.82, 2.24) is 0 Å². The summed E-state index contributed by atoms with van der Waals surface area (Å²) in [4.78, 5) is 0. The molecule has 0 bridgehead atoms. The van der Waals surface area contributed by atoms with Crippen LogP contribution in [-0.4, -0.2) is 14.3 Å². The van der Waals surface area contributed by atoms with E-state index in [9.17, 15) is 13.2 Å². The van der Waals surface area contributed by atoms with E-state index in [1.54, 1.807) is 37.4 Å². The van der Waals surface area contributed by atoms with Gasteiger partial charge in [-0.25, -0.2) is 0 Å². The molecule has 0 aliphatic carbocycles. The lowest BCUT2D eigenvalue weighted by Gasteiger charge is -2.41. The summed E-state index contributed by atoms with van der Waals surface area (Å²) in [7, 11) is -2.57. The summed E-state index contributed by atoms with van der Waals surface area (Å²) in [5.41, 5.74) is 0. The van der Waals surface area contributed by atoms with Crippen molar-refractivity contribution < 1.29 is 13.2 Å². The Kier molecular flexibility index (Phi) is 3.25. The van der Waals surface area contributed by atoms with Gasteiger partial charge in [-0.05, 0) is 0 Å². The van der Waals surface area contributed by atoms with Crippen molar-refractivity contribution in [2.75, 3.05) is 0 Å². The van der Waals surface area contributed by atoms with Gasteiger partial charge in [-0.15, -0.1) is 0 Å². The van der Waals surface area contributed by atoms with Crippen LogP contribution in [-0.2, 0) is 0 Å². The Balaban J connectivity index is 3.22. The predicted molar refractivity (Wildman–Crippen MR) is 63.7 cm³/mol. The number of hydrogen-bond donors (Lipinski definition) is 0. The molecule has 0 saturated carbocycles. The topological polar surface area (TPSA) is 0 Å². The molecule has 90 valence electrons. The molecule has 0 unspecified atom stereocenters. The fourth-order valence-electron chi connectivity index (χ4n) is 1.57. The van der Waals surface area contributed by atoms with E-state index in [0.29, 0.717) is 0 Å². The molecule has 1 aromatic rings. The van der Waals surface area contributed by atoms with Crippen LogP contribution in [0.1, 0.15) is 13.8 Å². The summed E-state index contributed by atoms with van der Waals surface area (Å²) < 4.78 is 39.1. The molecule has 4 heteroatoms. The monoisotopic (exact) mass is 246 g/mol. The molecular weight excluding hydrogens is 229 g/mol. The van der Waals surface area contributed by atoms with Crippen LogP contribution < -0.4 is 5.19 Å². The Bertz CT molecular complexity index is 352. The number of rotatable bonds is 2. The van der Waals surface area contributed by atoms with E-state index in [4.69, 9.17) is 0 Å². The molecule has 16 heavy (non-hydrogen) atoms. The van der Waals surface area contributed by atoms with E-state index in [1.165, 1.54) is 13.8 Å². The second kappa shape index (κ2) is 3.91. The van der Waals surface area contributed by atoms with Gasteiger partial charge in [0.1, 0.15) is 0 Å². The molecule has 0 N–H and O–H groups in total. The summed E-state index contributed by atoms with van der Waals surface area (Å²) in [6, 6.07) is 9.04. The molecule has 0 nitrogen and oxygen atoms in total. The maximum atomic E-state index is 13.0. The van der Waals surface area contributed by atoms with Crippen molar-refractivity contribution in [3.8, 4) is 0 Å². The van der Waals surface area contributed by atoms with Gasteiger partial charge < -0.3 is 0 Å². The fraction of sp³-hybridized carbons (Fsp3) is 0.500. The molecule has 0 atom stereocenters.